The Hall–Kier alpha value is -1.86. The van der Waals surface area contributed by atoms with Crippen molar-refractivity contribution in [2.75, 3.05) is 0 Å². The van der Waals surface area contributed by atoms with E-state index < -0.39 is 8.07 Å². The van der Waals surface area contributed by atoms with Crippen molar-refractivity contribution in [1.29, 1.82) is 0 Å². The van der Waals surface area contributed by atoms with E-state index in [0.717, 1.165) is 0 Å². The van der Waals surface area contributed by atoms with Crippen LogP contribution in [-0.2, 0) is 0 Å². The molecule has 2 aromatic rings. The van der Waals surface area contributed by atoms with Crippen LogP contribution >= 0.6 is 0 Å². The fourth-order valence-electron chi connectivity index (χ4n) is 5.65. The Kier molecular flexibility index (Phi) is 4.16. The molecule has 138 valence electrons. The van der Waals surface area contributed by atoms with E-state index in [4.69, 9.17) is 0 Å². The highest BCUT2D eigenvalue weighted by atomic mass is 28.3. The Bertz CT molecular complexity index is 961. The van der Waals surface area contributed by atoms with Gasteiger partial charge in [-0.2, -0.15) is 0 Å². The van der Waals surface area contributed by atoms with E-state index in [1.807, 2.05) is 0 Å². The van der Waals surface area contributed by atoms with Crippen molar-refractivity contribution < 1.29 is 0 Å². The fourth-order valence-corrected chi connectivity index (χ4v) is 9.95. The molecule has 0 aromatic heterocycles. The summed E-state index contributed by atoms with van der Waals surface area (Å²) in [7, 11) is -1.87. The molecule has 2 radical (unpaired) electrons. The molecule has 2 aliphatic rings. The first-order valence-electron chi connectivity index (χ1n) is 9.96. The predicted octanol–water partition coefficient (Wildman–Crippen LogP) is 7.09. The molecule has 0 N–H and O–H groups in total. The summed E-state index contributed by atoms with van der Waals surface area (Å²) < 4.78 is 0. The van der Waals surface area contributed by atoms with Crippen molar-refractivity contribution in [3.63, 3.8) is 0 Å². The second-order valence-corrected chi connectivity index (χ2v) is 13.4. The van der Waals surface area contributed by atoms with Crippen LogP contribution in [0, 0.1) is 40.5 Å². The minimum Gasteiger partial charge on any atom is -0.0646 e. The van der Waals surface area contributed by atoms with Gasteiger partial charge >= 0.3 is 0 Å². The predicted molar refractivity (Wildman–Crippen MR) is 121 cm³/mol. The molecule has 27 heavy (non-hydrogen) atoms. The van der Waals surface area contributed by atoms with Crippen LogP contribution in [-0.4, -0.2) is 8.07 Å². The summed E-state index contributed by atoms with van der Waals surface area (Å²) in [5.41, 5.74) is 14.4. The third-order valence-electron chi connectivity index (χ3n) is 6.30. The molecule has 2 aliphatic carbocycles. The molecule has 0 saturated heterocycles. The minimum absolute atomic E-state index is 1.36. The Morgan fingerprint density at radius 1 is 0.556 bits per heavy atom. The molecule has 0 aliphatic heterocycles. The van der Waals surface area contributed by atoms with Gasteiger partial charge in [0.05, 0.1) is 0 Å². The quantitative estimate of drug-likeness (QED) is 0.495. The highest BCUT2D eigenvalue weighted by molar-refractivity contribution is 7.09. The lowest BCUT2D eigenvalue weighted by molar-refractivity contribution is 1.33. The summed E-state index contributed by atoms with van der Waals surface area (Å²) in [6.07, 6.45) is 4.83. The number of hydrogen-bond acceptors (Lipinski definition) is 0. The van der Waals surface area contributed by atoms with Crippen LogP contribution in [0.5, 0.6) is 0 Å². The van der Waals surface area contributed by atoms with Crippen molar-refractivity contribution in [2.45, 2.75) is 54.6 Å². The van der Waals surface area contributed by atoms with Gasteiger partial charge in [0, 0.05) is 12.8 Å². The topological polar surface area (TPSA) is 0 Å². The summed E-state index contributed by atoms with van der Waals surface area (Å²) in [4.78, 5) is 0. The first-order valence-corrected chi connectivity index (χ1v) is 13.0. The molecule has 4 rings (SSSR count). The van der Waals surface area contributed by atoms with E-state index >= 15 is 0 Å². The lowest BCUT2D eigenvalue weighted by Crippen LogP contribution is -2.31. The monoisotopic (exact) mass is 370 g/mol. The molecule has 0 heterocycles. The van der Waals surface area contributed by atoms with Crippen LogP contribution in [0.3, 0.4) is 0 Å². The normalized spacial score (nSPS) is 16.3. The van der Waals surface area contributed by atoms with Gasteiger partial charge in [0.25, 0.3) is 0 Å². The maximum absolute atomic E-state index is 2.55. The Morgan fingerprint density at radius 2 is 0.926 bits per heavy atom. The van der Waals surface area contributed by atoms with Gasteiger partial charge in [-0.05, 0) is 85.3 Å². The Morgan fingerprint density at radius 3 is 1.30 bits per heavy atom. The first-order chi connectivity index (χ1) is 12.6. The molecule has 0 spiro atoms. The molecule has 0 amide bonds. The average molecular weight is 371 g/mol. The maximum Gasteiger partial charge on any atom is 0.113 e. The number of allylic oxidation sites excluding steroid dienone is 2. The van der Waals surface area contributed by atoms with Gasteiger partial charge in [0.15, 0.2) is 0 Å². The zero-order valence-electron chi connectivity index (χ0n) is 18.0. The summed E-state index contributed by atoms with van der Waals surface area (Å²) in [6.45, 7) is 18.7. The summed E-state index contributed by atoms with van der Waals surface area (Å²) in [5.74, 6) is 0. The number of fused-ring (bicyclic) bond motifs is 2. The zero-order chi connectivity index (χ0) is 19.7. The van der Waals surface area contributed by atoms with Gasteiger partial charge in [-0.25, -0.2) is 0 Å². The van der Waals surface area contributed by atoms with Crippen molar-refractivity contribution in [3.05, 3.63) is 92.8 Å². The molecule has 0 unspecified atom stereocenters. The maximum atomic E-state index is 2.55. The summed E-state index contributed by atoms with van der Waals surface area (Å²) >= 11 is 0. The third kappa shape index (κ3) is 2.70. The van der Waals surface area contributed by atoms with Gasteiger partial charge < -0.3 is 0 Å². The van der Waals surface area contributed by atoms with Crippen LogP contribution in [0.15, 0.2) is 35.4 Å². The summed E-state index contributed by atoms with van der Waals surface area (Å²) in [6, 6.07) is 9.41. The summed E-state index contributed by atoms with van der Waals surface area (Å²) in [5, 5.41) is 3.26. The molecular weight excluding hydrogens is 340 g/mol. The smallest absolute Gasteiger partial charge is 0.0646 e. The molecule has 0 saturated carbocycles. The van der Waals surface area contributed by atoms with Gasteiger partial charge in [0.1, 0.15) is 8.07 Å². The molecule has 0 bridgehead atoms. The number of benzene rings is 2. The Labute approximate surface area is 166 Å². The minimum atomic E-state index is -1.87. The second kappa shape index (κ2) is 6.07. The van der Waals surface area contributed by atoms with Crippen molar-refractivity contribution in [3.8, 4) is 0 Å². The third-order valence-corrected chi connectivity index (χ3v) is 10.1. The van der Waals surface area contributed by atoms with Crippen LogP contribution in [0.2, 0.25) is 13.1 Å². The molecule has 0 nitrogen and oxygen atoms in total. The molecule has 2 aromatic carbocycles. The number of aryl methyl sites for hydroxylation is 4. The molecule has 0 fully saturated rings. The van der Waals surface area contributed by atoms with Crippen molar-refractivity contribution >= 4 is 18.5 Å². The van der Waals surface area contributed by atoms with E-state index in [1.165, 1.54) is 55.7 Å². The van der Waals surface area contributed by atoms with E-state index in [9.17, 15) is 0 Å². The second-order valence-electron chi connectivity index (χ2n) is 9.12. The van der Waals surface area contributed by atoms with E-state index in [-0.39, 0.29) is 0 Å². The molecule has 1 heteroatoms. The van der Waals surface area contributed by atoms with Crippen LogP contribution in [0.1, 0.15) is 58.4 Å². The van der Waals surface area contributed by atoms with Crippen molar-refractivity contribution in [1.82, 2.24) is 0 Å². The zero-order valence-corrected chi connectivity index (χ0v) is 19.0. The van der Waals surface area contributed by atoms with E-state index in [0.29, 0.717) is 0 Å². The standard InChI is InChI=1S/C26H30Si/c1-15-9-17(3)23-21(11-15)13-19(5)25(23)27(7,8)26-20(6)14-22-12-16(2)10-18(4)24(22)26/h9-14H,1-8H3. The highest BCUT2D eigenvalue weighted by Gasteiger charge is 2.41. The van der Waals surface area contributed by atoms with Gasteiger partial charge in [-0.3, -0.25) is 0 Å². The van der Waals surface area contributed by atoms with Crippen LogP contribution < -0.4 is 0 Å². The first kappa shape index (κ1) is 18.5. The molecule has 0 atom stereocenters. The fraction of sp³-hybridized carbons (Fsp3) is 0.308. The number of rotatable bonds is 2. The van der Waals surface area contributed by atoms with Crippen LogP contribution in [0.4, 0.5) is 0 Å². The lowest BCUT2D eigenvalue weighted by Gasteiger charge is -2.31. The largest absolute Gasteiger partial charge is 0.113 e. The van der Waals surface area contributed by atoms with Crippen LogP contribution in [0.25, 0.3) is 10.4 Å². The lowest BCUT2D eigenvalue weighted by atomic mass is 10.0. The number of hydrogen-bond donors (Lipinski definition) is 0. The Balaban J connectivity index is 1.93. The highest BCUT2D eigenvalue weighted by Crippen LogP contribution is 2.50. The van der Waals surface area contributed by atoms with E-state index in [2.05, 4.69) is 91.7 Å². The average Bonchev–Trinajstić information content (AvgIpc) is 3.03. The molecular formula is C26H30Si. The van der Waals surface area contributed by atoms with Gasteiger partial charge in [-0.15, -0.1) is 0 Å². The van der Waals surface area contributed by atoms with E-state index in [1.54, 1.807) is 10.4 Å². The SMILES string of the molecule is CC1=C([Si](C)(C)C2=C(C)[CH]c3cc(C)cc(C)c32)c2c(C)cc(C)cc2[CH]1. The van der Waals surface area contributed by atoms with Gasteiger partial charge in [0.2, 0.25) is 0 Å². The van der Waals surface area contributed by atoms with Crippen molar-refractivity contribution in [2.24, 2.45) is 0 Å². The van der Waals surface area contributed by atoms with Gasteiger partial charge in [-0.1, -0.05) is 59.6 Å².